The number of phenolic OH excluding ortho intramolecular Hbond substituents is 1. The van der Waals surface area contributed by atoms with Crippen molar-refractivity contribution in [3.63, 3.8) is 0 Å². The van der Waals surface area contributed by atoms with Gasteiger partial charge in [-0.1, -0.05) is 6.07 Å². The first kappa shape index (κ1) is 24.5. The highest BCUT2D eigenvalue weighted by molar-refractivity contribution is 5.94. The van der Waals surface area contributed by atoms with Crippen LogP contribution < -0.4 is 33.8 Å². The Bertz CT molecular complexity index is 1670. The maximum Gasteiger partial charge on any atom is 0.312 e. The fraction of sp³-hybridized carbons (Fsp3) is 0.241. The molecular weight excluding hydrogens is 508 g/mol. The lowest BCUT2D eigenvalue weighted by Crippen LogP contribution is -2.23. The van der Waals surface area contributed by atoms with E-state index >= 15 is 0 Å². The van der Waals surface area contributed by atoms with Gasteiger partial charge in [-0.25, -0.2) is 0 Å². The van der Waals surface area contributed by atoms with Crippen LogP contribution in [0.15, 0.2) is 51.9 Å². The quantitative estimate of drug-likeness (QED) is 0.292. The summed E-state index contributed by atoms with van der Waals surface area (Å²) in [5.41, 5.74) is 1.51. The van der Waals surface area contributed by atoms with Crippen LogP contribution in [0.5, 0.6) is 40.2 Å². The minimum absolute atomic E-state index is 0.0309. The molecule has 10 heteroatoms. The van der Waals surface area contributed by atoms with Crippen molar-refractivity contribution < 1.29 is 42.7 Å². The molecular formula is C29H24O10. The second-order valence-corrected chi connectivity index (χ2v) is 9.04. The summed E-state index contributed by atoms with van der Waals surface area (Å²) in [5, 5.41) is 10.9. The van der Waals surface area contributed by atoms with Gasteiger partial charge in [-0.15, -0.1) is 0 Å². The van der Waals surface area contributed by atoms with Crippen molar-refractivity contribution in [3.8, 4) is 51.4 Å². The summed E-state index contributed by atoms with van der Waals surface area (Å²) in [6.07, 6.45) is 1.29. The number of phenols is 1. The zero-order chi connectivity index (χ0) is 27.3. The van der Waals surface area contributed by atoms with Crippen molar-refractivity contribution >= 4 is 16.9 Å². The van der Waals surface area contributed by atoms with Crippen molar-refractivity contribution in [3.05, 3.63) is 64.0 Å². The lowest BCUT2D eigenvalue weighted by Gasteiger charge is -2.28. The fourth-order valence-corrected chi connectivity index (χ4v) is 5.11. The Morgan fingerprint density at radius 2 is 1.64 bits per heavy atom. The fourth-order valence-electron chi connectivity index (χ4n) is 5.11. The van der Waals surface area contributed by atoms with Crippen LogP contribution in [0.4, 0.5) is 0 Å². The molecule has 0 saturated heterocycles. The van der Waals surface area contributed by atoms with Gasteiger partial charge in [0.05, 0.1) is 33.3 Å². The first-order chi connectivity index (χ1) is 18.9. The van der Waals surface area contributed by atoms with Crippen LogP contribution in [-0.4, -0.2) is 45.6 Å². The predicted octanol–water partition coefficient (Wildman–Crippen LogP) is 4.40. The normalized spacial score (nSPS) is 15.9. The summed E-state index contributed by atoms with van der Waals surface area (Å²) in [6, 6.07) is 9.83. The van der Waals surface area contributed by atoms with Gasteiger partial charge in [0.15, 0.2) is 23.0 Å². The minimum atomic E-state index is -0.579. The van der Waals surface area contributed by atoms with Crippen molar-refractivity contribution in [1.29, 1.82) is 0 Å². The molecule has 0 spiro atoms. The van der Waals surface area contributed by atoms with Crippen molar-refractivity contribution in [2.24, 2.45) is 0 Å². The third kappa shape index (κ3) is 3.96. The zero-order valence-corrected chi connectivity index (χ0v) is 21.4. The highest BCUT2D eigenvalue weighted by atomic mass is 16.6. The van der Waals surface area contributed by atoms with Crippen LogP contribution in [0.25, 0.3) is 22.1 Å². The lowest BCUT2D eigenvalue weighted by molar-refractivity contribution is -0.135. The van der Waals surface area contributed by atoms with Crippen LogP contribution in [0.3, 0.4) is 0 Å². The molecule has 0 radical (unpaired) electrons. The Hall–Kier alpha value is -4.86. The monoisotopic (exact) mass is 532 g/mol. The average molecular weight is 533 g/mol. The molecule has 1 atom stereocenters. The summed E-state index contributed by atoms with van der Waals surface area (Å²) in [5.74, 6) is 1.01. The van der Waals surface area contributed by atoms with E-state index in [9.17, 15) is 14.7 Å². The molecule has 0 amide bonds. The van der Waals surface area contributed by atoms with Crippen molar-refractivity contribution in [2.75, 3.05) is 34.5 Å². The summed E-state index contributed by atoms with van der Waals surface area (Å²) >= 11 is 0. The summed E-state index contributed by atoms with van der Waals surface area (Å²) in [4.78, 5) is 26.3. The number of hydrogen-bond acceptors (Lipinski definition) is 10. The minimum Gasteiger partial charge on any atom is -0.507 e. The van der Waals surface area contributed by atoms with E-state index in [1.165, 1.54) is 33.7 Å². The molecule has 10 nitrogen and oxygen atoms in total. The Balaban J connectivity index is 1.55. The first-order valence-corrected chi connectivity index (χ1v) is 12.2. The lowest BCUT2D eigenvalue weighted by atomic mass is 9.84. The highest BCUT2D eigenvalue weighted by Crippen LogP contribution is 2.49. The van der Waals surface area contributed by atoms with Gasteiger partial charge < -0.3 is 37.9 Å². The van der Waals surface area contributed by atoms with Crippen LogP contribution >= 0.6 is 0 Å². The number of ether oxygens (including phenoxy) is 6. The van der Waals surface area contributed by atoms with Gasteiger partial charge in [0, 0.05) is 17.5 Å². The highest BCUT2D eigenvalue weighted by Gasteiger charge is 2.35. The molecule has 39 heavy (non-hydrogen) atoms. The Labute approximate surface area is 222 Å². The Morgan fingerprint density at radius 1 is 0.872 bits per heavy atom. The van der Waals surface area contributed by atoms with E-state index < -0.39 is 17.3 Å². The number of benzene rings is 3. The largest absolute Gasteiger partial charge is 0.507 e. The third-order valence-corrected chi connectivity index (χ3v) is 6.92. The topological polar surface area (TPSA) is 123 Å². The number of fused-ring (bicyclic) bond motifs is 4. The molecule has 1 N–H and O–H groups in total. The van der Waals surface area contributed by atoms with Gasteiger partial charge >= 0.3 is 5.97 Å². The number of carbonyl (C=O) groups is 1. The number of aromatic hydroxyl groups is 1. The van der Waals surface area contributed by atoms with Crippen LogP contribution in [0.2, 0.25) is 0 Å². The van der Waals surface area contributed by atoms with E-state index in [2.05, 4.69) is 0 Å². The standard InChI is InChI=1S/C29H24O10/c1-33-19-5-4-14(8-20(19)34-2)17-13-38-29-25-16(11-24(31)39-21(25)12-18(30)26(29)27(17)32)15-9-22(35-3)28-23(10-15)36-6-7-37-28/h4-5,8-10,12-13,16,30H,6-7,11H2,1-3H3/t16-/m1/s1. The Kier molecular flexibility index (Phi) is 5.94. The predicted molar refractivity (Wildman–Crippen MR) is 139 cm³/mol. The molecule has 200 valence electrons. The molecule has 4 aromatic rings. The van der Waals surface area contributed by atoms with E-state index in [4.69, 9.17) is 32.8 Å². The molecule has 0 unspecified atom stereocenters. The zero-order valence-electron chi connectivity index (χ0n) is 21.4. The third-order valence-electron chi connectivity index (χ3n) is 6.92. The Morgan fingerprint density at radius 3 is 2.41 bits per heavy atom. The molecule has 0 bridgehead atoms. The maximum atomic E-state index is 13.7. The van der Waals surface area contributed by atoms with E-state index in [1.54, 1.807) is 30.3 Å². The number of hydrogen-bond donors (Lipinski definition) is 1. The smallest absolute Gasteiger partial charge is 0.312 e. The van der Waals surface area contributed by atoms with Crippen LogP contribution in [0, 0.1) is 0 Å². The van der Waals surface area contributed by atoms with E-state index in [0.717, 1.165) is 0 Å². The second-order valence-electron chi connectivity index (χ2n) is 9.04. The van der Waals surface area contributed by atoms with E-state index in [0.29, 0.717) is 58.7 Å². The van der Waals surface area contributed by atoms with Gasteiger partial charge in [0.2, 0.25) is 11.2 Å². The van der Waals surface area contributed by atoms with E-state index in [-0.39, 0.29) is 34.5 Å². The number of methoxy groups -OCH3 is 3. The molecule has 0 aliphatic carbocycles. The molecule has 2 aliphatic rings. The summed E-state index contributed by atoms with van der Waals surface area (Å²) in [7, 11) is 4.53. The SMILES string of the molecule is COc1ccc(-c2coc3c4c(cc(O)c3c2=O)OC(=O)C[C@@H]4c2cc(OC)c3c(c2)OCCO3)cc1OC. The van der Waals surface area contributed by atoms with Crippen LogP contribution in [0.1, 0.15) is 23.5 Å². The van der Waals surface area contributed by atoms with Crippen molar-refractivity contribution in [1.82, 2.24) is 0 Å². The van der Waals surface area contributed by atoms with Gasteiger partial charge in [-0.3, -0.25) is 9.59 Å². The number of rotatable bonds is 5. The first-order valence-electron chi connectivity index (χ1n) is 12.2. The maximum absolute atomic E-state index is 13.7. The number of carbonyl (C=O) groups excluding carboxylic acids is 1. The summed E-state index contributed by atoms with van der Waals surface area (Å²) < 4.78 is 39.2. The molecule has 6 rings (SSSR count). The molecule has 2 aliphatic heterocycles. The van der Waals surface area contributed by atoms with Gasteiger partial charge in [-0.2, -0.15) is 0 Å². The molecule has 3 heterocycles. The van der Waals surface area contributed by atoms with Gasteiger partial charge in [-0.05, 0) is 35.4 Å². The summed E-state index contributed by atoms with van der Waals surface area (Å²) in [6.45, 7) is 0.756. The molecule has 3 aromatic carbocycles. The van der Waals surface area contributed by atoms with Gasteiger partial charge in [0.1, 0.15) is 41.9 Å². The molecule has 0 fully saturated rings. The molecule has 1 aromatic heterocycles. The van der Waals surface area contributed by atoms with Gasteiger partial charge in [0.25, 0.3) is 0 Å². The molecule has 0 saturated carbocycles. The van der Waals surface area contributed by atoms with Crippen LogP contribution in [-0.2, 0) is 4.79 Å². The number of esters is 1. The van der Waals surface area contributed by atoms with Crippen molar-refractivity contribution in [2.45, 2.75) is 12.3 Å². The van der Waals surface area contributed by atoms with E-state index in [1.807, 2.05) is 0 Å². The second kappa shape index (κ2) is 9.46. The average Bonchev–Trinajstić information content (AvgIpc) is 2.95.